The molecule has 5 heteroatoms. The molecule has 0 bridgehead atoms. The van der Waals surface area contributed by atoms with Gasteiger partial charge in [0.15, 0.2) is 0 Å². The van der Waals surface area contributed by atoms with Crippen molar-refractivity contribution in [3.8, 4) is 0 Å². The summed E-state index contributed by atoms with van der Waals surface area (Å²) >= 11 is 12.3. The Hall–Kier alpha value is -1.13. The van der Waals surface area contributed by atoms with Crippen LogP contribution in [0.15, 0.2) is 36.4 Å². The third kappa shape index (κ3) is 3.30. The van der Waals surface area contributed by atoms with E-state index in [0.29, 0.717) is 22.0 Å². The molecule has 2 aromatic carbocycles. The number of halogens is 3. The van der Waals surface area contributed by atoms with Crippen molar-refractivity contribution in [3.63, 3.8) is 0 Å². The first-order valence-corrected chi connectivity index (χ1v) is 6.93. The van der Waals surface area contributed by atoms with Crippen LogP contribution >= 0.6 is 23.2 Å². The van der Waals surface area contributed by atoms with Gasteiger partial charge in [0.1, 0.15) is 5.82 Å². The Morgan fingerprint density at radius 3 is 2.40 bits per heavy atom. The molecule has 20 heavy (non-hydrogen) atoms. The van der Waals surface area contributed by atoms with E-state index in [-0.39, 0.29) is 11.9 Å². The molecule has 0 saturated heterocycles. The lowest BCUT2D eigenvalue weighted by Crippen LogP contribution is -2.29. The van der Waals surface area contributed by atoms with Crippen LogP contribution in [0.5, 0.6) is 0 Å². The lowest BCUT2D eigenvalue weighted by Gasteiger charge is -2.18. The number of hydrazine groups is 1. The van der Waals surface area contributed by atoms with Crippen LogP contribution in [0.3, 0.4) is 0 Å². The smallest absolute Gasteiger partial charge is 0.126 e. The summed E-state index contributed by atoms with van der Waals surface area (Å²) in [7, 11) is 0. The third-order valence-corrected chi connectivity index (χ3v) is 3.96. The van der Waals surface area contributed by atoms with Crippen molar-refractivity contribution in [2.75, 3.05) is 0 Å². The van der Waals surface area contributed by atoms with Gasteiger partial charge in [-0.3, -0.25) is 11.3 Å². The van der Waals surface area contributed by atoms with E-state index in [1.54, 1.807) is 37.3 Å². The van der Waals surface area contributed by atoms with E-state index >= 15 is 0 Å². The maximum absolute atomic E-state index is 13.3. The highest BCUT2D eigenvalue weighted by Gasteiger charge is 2.15. The van der Waals surface area contributed by atoms with Crippen molar-refractivity contribution in [1.29, 1.82) is 0 Å². The van der Waals surface area contributed by atoms with Crippen LogP contribution in [0.2, 0.25) is 10.0 Å². The fourth-order valence-corrected chi connectivity index (χ4v) is 2.64. The Kier molecular flexibility index (Phi) is 5.00. The second-order valence-corrected chi connectivity index (χ2v) is 5.45. The monoisotopic (exact) mass is 312 g/mol. The Morgan fingerprint density at radius 2 is 1.85 bits per heavy atom. The topological polar surface area (TPSA) is 38.0 Å². The summed E-state index contributed by atoms with van der Waals surface area (Å²) in [6.45, 7) is 1.72. The molecule has 0 heterocycles. The van der Waals surface area contributed by atoms with Crippen molar-refractivity contribution < 1.29 is 4.39 Å². The SMILES string of the molecule is Cc1cc(C(Cc2c(Cl)cccc2Cl)NN)ccc1F. The van der Waals surface area contributed by atoms with Gasteiger partial charge in [0.2, 0.25) is 0 Å². The lowest BCUT2D eigenvalue weighted by atomic mass is 9.98. The van der Waals surface area contributed by atoms with Crippen molar-refractivity contribution in [2.24, 2.45) is 5.84 Å². The van der Waals surface area contributed by atoms with Gasteiger partial charge in [-0.15, -0.1) is 0 Å². The molecule has 0 aliphatic heterocycles. The normalized spacial score (nSPS) is 12.4. The summed E-state index contributed by atoms with van der Waals surface area (Å²) in [6.07, 6.45) is 0.528. The van der Waals surface area contributed by atoms with Crippen molar-refractivity contribution in [2.45, 2.75) is 19.4 Å². The molecule has 2 nitrogen and oxygen atoms in total. The van der Waals surface area contributed by atoms with Gasteiger partial charge in [0.25, 0.3) is 0 Å². The number of nitrogens with two attached hydrogens (primary N) is 1. The molecular weight excluding hydrogens is 298 g/mol. The van der Waals surface area contributed by atoms with Crippen LogP contribution in [0.25, 0.3) is 0 Å². The molecule has 1 unspecified atom stereocenters. The van der Waals surface area contributed by atoms with Gasteiger partial charge in [-0.1, -0.05) is 41.4 Å². The quantitative estimate of drug-likeness (QED) is 0.656. The Morgan fingerprint density at radius 1 is 1.20 bits per heavy atom. The Bertz CT molecular complexity index is 597. The van der Waals surface area contributed by atoms with E-state index in [1.165, 1.54) is 6.07 Å². The zero-order valence-electron chi connectivity index (χ0n) is 11.0. The molecular formula is C15H15Cl2FN2. The molecule has 0 spiro atoms. The summed E-state index contributed by atoms with van der Waals surface area (Å²) in [4.78, 5) is 0. The largest absolute Gasteiger partial charge is 0.271 e. The predicted molar refractivity (Wildman–Crippen MR) is 81.4 cm³/mol. The standard InChI is InChI=1S/C15H15Cl2FN2/c1-9-7-10(5-6-14(9)18)15(20-19)8-11-12(16)3-2-4-13(11)17/h2-7,15,20H,8,19H2,1H3. The first-order valence-electron chi connectivity index (χ1n) is 6.18. The van der Waals surface area contributed by atoms with Gasteiger partial charge in [0, 0.05) is 10.0 Å². The zero-order chi connectivity index (χ0) is 14.7. The molecule has 0 aliphatic carbocycles. The van der Waals surface area contributed by atoms with Gasteiger partial charge in [-0.05, 0) is 48.2 Å². The maximum atomic E-state index is 13.3. The van der Waals surface area contributed by atoms with Crippen LogP contribution in [0.1, 0.15) is 22.7 Å². The number of rotatable bonds is 4. The van der Waals surface area contributed by atoms with Gasteiger partial charge >= 0.3 is 0 Å². The van der Waals surface area contributed by atoms with Gasteiger partial charge in [-0.25, -0.2) is 4.39 Å². The van der Waals surface area contributed by atoms with E-state index in [4.69, 9.17) is 29.0 Å². The van der Waals surface area contributed by atoms with Crippen LogP contribution in [-0.4, -0.2) is 0 Å². The fraction of sp³-hybridized carbons (Fsp3) is 0.200. The molecule has 0 saturated carbocycles. The number of aryl methyl sites for hydroxylation is 1. The first-order chi connectivity index (χ1) is 9.52. The van der Waals surface area contributed by atoms with Crippen LogP contribution in [0, 0.1) is 12.7 Å². The molecule has 2 aromatic rings. The van der Waals surface area contributed by atoms with E-state index in [1.807, 2.05) is 0 Å². The third-order valence-electron chi connectivity index (χ3n) is 3.26. The van der Waals surface area contributed by atoms with Crippen molar-refractivity contribution in [3.05, 3.63) is 69.0 Å². The molecule has 1 atom stereocenters. The van der Waals surface area contributed by atoms with E-state index in [0.717, 1.165) is 11.1 Å². The fourth-order valence-electron chi connectivity index (χ4n) is 2.09. The average molecular weight is 313 g/mol. The molecule has 3 N–H and O–H groups in total. The highest BCUT2D eigenvalue weighted by molar-refractivity contribution is 6.36. The molecule has 0 amide bonds. The average Bonchev–Trinajstić information content (AvgIpc) is 2.42. The second kappa shape index (κ2) is 6.55. The molecule has 106 valence electrons. The molecule has 0 radical (unpaired) electrons. The van der Waals surface area contributed by atoms with Gasteiger partial charge in [0.05, 0.1) is 6.04 Å². The maximum Gasteiger partial charge on any atom is 0.126 e. The van der Waals surface area contributed by atoms with E-state index in [9.17, 15) is 4.39 Å². The minimum absolute atomic E-state index is 0.188. The van der Waals surface area contributed by atoms with Crippen LogP contribution < -0.4 is 11.3 Å². The van der Waals surface area contributed by atoms with E-state index in [2.05, 4.69) is 5.43 Å². The number of nitrogens with one attached hydrogen (secondary N) is 1. The second-order valence-electron chi connectivity index (χ2n) is 4.63. The van der Waals surface area contributed by atoms with Gasteiger partial charge in [-0.2, -0.15) is 0 Å². The van der Waals surface area contributed by atoms with E-state index < -0.39 is 0 Å². The molecule has 0 fully saturated rings. The summed E-state index contributed by atoms with van der Waals surface area (Å²) in [5, 5.41) is 1.19. The lowest BCUT2D eigenvalue weighted by molar-refractivity contribution is 0.548. The minimum Gasteiger partial charge on any atom is -0.271 e. The predicted octanol–water partition coefficient (Wildman–Crippen LogP) is 4.19. The summed E-state index contributed by atoms with van der Waals surface area (Å²) in [6, 6.07) is 10.1. The van der Waals surface area contributed by atoms with Crippen molar-refractivity contribution >= 4 is 23.2 Å². The number of hydrogen-bond acceptors (Lipinski definition) is 2. The summed E-state index contributed by atoms with van der Waals surface area (Å²) in [5.74, 6) is 5.38. The van der Waals surface area contributed by atoms with Gasteiger partial charge < -0.3 is 0 Å². The Balaban J connectivity index is 2.31. The minimum atomic E-state index is -0.236. The number of benzene rings is 2. The first kappa shape index (κ1) is 15.3. The van der Waals surface area contributed by atoms with Crippen molar-refractivity contribution in [1.82, 2.24) is 5.43 Å². The van der Waals surface area contributed by atoms with Crippen LogP contribution in [0.4, 0.5) is 4.39 Å². The molecule has 2 rings (SSSR count). The van der Waals surface area contributed by atoms with Crippen LogP contribution in [-0.2, 0) is 6.42 Å². The Labute approximate surface area is 127 Å². The highest BCUT2D eigenvalue weighted by atomic mass is 35.5. The summed E-state index contributed by atoms with van der Waals surface area (Å²) < 4.78 is 13.3. The molecule has 0 aromatic heterocycles. The highest BCUT2D eigenvalue weighted by Crippen LogP contribution is 2.29. The molecule has 0 aliphatic rings. The summed E-state index contributed by atoms with van der Waals surface area (Å²) in [5.41, 5.74) is 5.02. The number of hydrogen-bond donors (Lipinski definition) is 2. The zero-order valence-corrected chi connectivity index (χ0v) is 12.5.